The van der Waals surface area contributed by atoms with Crippen molar-refractivity contribution < 1.29 is 0 Å². The first kappa shape index (κ1) is 13.0. The van der Waals surface area contributed by atoms with Crippen LogP contribution in [0.4, 0.5) is 0 Å². The molecule has 0 aliphatic carbocycles. The van der Waals surface area contributed by atoms with E-state index in [-0.39, 0.29) is 0 Å². The Morgan fingerprint density at radius 1 is 1.35 bits per heavy atom. The Hall–Kier alpha value is -0.480. The normalized spacial score (nSPS) is 13.1. The number of fused-ring (bicyclic) bond motifs is 1. The second-order valence-corrected chi connectivity index (χ2v) is 6.16. The fourth-order valence-electron chi connectivity index (χ4n) is 1.69. The van der Waals surface area contributed by atoms with Gasteiger partial charge >= 0.3 is 0 Å². The van der Waals surface area contributed by atoms with E-state index in [4.69, 9.17) is 0 Å². The standard InChI is InChI=1S/C13H17BrN2S/c1-10(6-8-14)7-9-17-13-15-11-4-2-3-5-12(11)16-13/h2-5,10H,6-9H2,1H3,(H,15,16). The van der Waals surface area contributed by atoms with Crippen molar-refractivity contribution in [3.8, 4) is 0 Å². The van der Waals surface area contributed by atoms with Gasteiger partial charge in [0.15, 0.2) is 5.16 Å². The molecular weight excluding hydrogens is 296 g/mol. The highest BCUT2D eigenvalue weighted by molar-refractivity contribution is 9.09. The number of nitrogens with zero attached hydrogens (tertiary/aromatic N) is 1. The number of thioether (sulfide) groups is 1. The number of nitrogens with one attached hydrogen (secondary N) is 1. The monoisotopic (exact) mass is 312 g/mol. The summed E-state index contributed by atoms with van der Waals surface area (Å²) in [5, 5.41) is 2.14. The van der Waals surface area contributed by atoms with Crippen LogP contribution < -0.4 is 0 Å². The lowest BCUT2D eigenvalue weighted by molar-refractivity contribution is 0.555. The molecule has 2 aromatic rings. The van der Waals surface area contributed by atoms with Crippen LogP contribution in [0.5, 0.6) is 0 Å². The number of rotatable bonds is 6. The molecule has 0 fully saturated rings. The molecule has 1 atom stereocenters. The highest BCUT2D eigenvalue weighted by Crippen LogP contribution is 2.22. The number of aromatic nitrogens is 2. The Bertz CT molecular complexity index is 436. The first-order valence-electron chi connectivity index (χ1n) is 5.93. The van der Waals surface area contributed by atoms with Crippen molar-refractivity contribution in [1.29, 1.82) is 0 Å². The summed E-state index contributed by atoms with van der Waals surface area (Å²) >= 11 is 5.30. The van der Waals surface area contributed by atoms with Crippen LogP contribution in [0, 0.1) is 5.92 Å². The zero-order valence-electron chi connectivity index (χ0n) is 9.95. The first-order valence-corrected chi connectivity index (χ1v) is 8.04. The van der Waals surface area contributed by atoms with Crippen LogP contribution in [0.2, 0.25) is 0 Å². The zero-order chi connectivity index (χ0) is 12.1. The van der Waals surface area contributed by atoms with Crippen LogP contribution in [-0.2, 0) is 0 Å². The van der Waals surface area contributed by atoms with Gasteiger partial charge in [0.05, 0.1) is 11.0 Å². The Morgan fingerprint density at radius 3 is 2.94 bits per heavy atom. The van der Waals surface area contributed by atoms with Crippen molar-refractivity contribution in [2.75, 3.05) is 11.1 Å². The predicted molar refractivity (Wildman–Crippen MR) is 79.0 cm³/mol. The third-order valence-electron chi connectivity index (χ3n) is 2.82. The molecule has 2 nitrogen and oxygen atoms in total. The molecule has 92 valence electrons. The molecule has 1 aromatic carbocycles. The lowest BCUT2D eigenvalue weighted by Crippen LogP contribution is -1.97. The number of para-hydroxylation sites is 2. The average Bonchev–Trinajstić information content (AvgIpc) is 2.71. The average molecular weight is 313 g/mol. The summed E-state index contributed by atoms with van der Waals surface area (Å²) in [6.07, 6.45) is 2.49. The minimum atomic E-state index is 0.784. The van der Waals surface area contributed by atoms with Crippen LogP contribution in [0.25, 0.3) is 11.0 Å². The first-order chi connectivity index (χ1) is 8.29. The highest BCUT2D eigenvalue weighted by atomic mass is 79.9. The van der Waals surface area contributed by atoms with Crippen molar-refractivity contribution in [1.82, 2.24) is 9.97 Å². The summed E-state index contributed by atoms with van der Waals surface area (Å²) in [7, 11) is 0. The molecule has 0 aliphatic heterocycles. The maximum absolute atomic E-state index is 4.55. The second kappa shape index (κ2) is 6.45. The molecule has 0 saturated carbocycles. The quantitative estimate of drug-likeness (QED) is 0.630. The molecule has 0 aliphatic rings. The summed E-state index contributed by atoms with van der Waals surface area (Å²) < 4.78 is 0. The maximum Gasteiger partial charge on any atom is 0.166 e. The molecule has 1 N–H and O–H groups in total. The van der Waals surface area contributed by atoms with Crippen molar-refractivity contribution in [2.24, 2.45) is 5.92 Å². The molecule has 1 heterocycles. The van der Waals surface area contributed by atoms with Crippen LogP contribution in [0.15, 0.2) is 29.4 Å². The maximum atomic E-state index is 4.55. The van der Waals surface area contributed by atoms with Gasteiger partial charge < -0.3 is 4.98 Å². The van der Waals surface area contributed by atoms with E-state index < -0.39 is 0 Å². The van der Waals surface area contributed by atoms with Gasteiger partial charge in [-0.1, -0.05) is 46.7 Å². The van der Waals surface area contributed by atoms with Gasteiger partial charge in [-0.3, -0.25) is 0 Å². The molecule has 0 saturated heterocycles. The SMILES string of the molecule is CC(CCBr)CCSc1nc2ccccc2[nH]1. The van der Waals surface area contributed by atoms with E-state index >= 15 is 0 Å². The number of alkyl halides is 1. The Labute approximate surface area is 115 Å². The molecular formula is C13H17BrN2S. The lowest BCUT2D eigenvalue weighted by atomic mass is 10.1. The number of imidazole rings is 1. The van der Waals surface area contributed by atoms with Gasteiger partial charge in [-0.05, 0) is 30.9 Å². The van der Waals surface area contributed by atoms with Gasteiger partial charge in [0.1, 0.15) is 0 Å². The number of hydrogen-bond donors (Lipinski definition) is 1. The Kier molecular flexibility index (Phi) is 4.92. The fourth-order valence-corrected chi connectivity index (χ4v) is 3.53. The van der Waals surface area contributed by atoms with E-state index in [9.17, 15) is 0 Å². The summed E-state index contributed by atoms with van der Waals surface area (Å²) in [5.41, 5.74) is 2.19. The van der Waals surface area contributed by atoms with Crippen molar-refractivity contribution in [3.63, 3.8) is 0 Å². The van der Waals surface area contributed by atoms with Crippen LogP contribution in [-0.4, -0.2) is 21.1 Å². The van der Waals surface area contributed by atoms with Gasteiger partial charge in [-0.25, -0.2) is 4.98 Å². The van der Waals surface area contributed by atoms with Crippen LogP contribution in [0.3, 0.4) is 0 Å². The van der Waals surface area contributed by atoms with Gasteiger partial charge in [-0.15, -0.1) is 0 Å². The summed E-state index contributed by atoms with van der Waals surface area (Å²) in [5.74, 6) is 1.92. The molecule has 1 aromatic heterocycles. The van der Waals surface area contributed by atoms with E-state index in [1.807, 2.05) is 30.0 Å². The van der Waals surface area contributed by atoms with Gasteiger partial charge in [-0.2, -0.15) is 0 Å². The topological polar surface area (TPSA) is 28.7 Å². The smallest absolute Gasteiger partial charge is 0.166 e. The number of H-pyrrole nitrogens is 1. The molecule has 17 heavy (non-hydrogen) atoms. The summed E-state index contributed by atoms with van der Waals surface area (Å²) in [4.78, 5) is 7.90. The van der Waals surface area contributed by atoms with Crippen LogP contribution >= 0.6 is 27.7 Å². The summed E-state index contributed by atoms with van der Waals surface area (Å²) in [6, 6.07) is 8.17. The van der Waals surface area contributed by atoms with E-state index in [0.717, 1.165) is 33.2 Å². The highest BCUT2D eigenvalue weighted by Gasteiger charge is 2.04. The van der Waals surface area contributed by atoms with Gasteiger partial charge in [0, 0.05) is 11.1 Å². The fraction of sp³-hybridized carbons (Fsp3) is 0.462. The third kappa shape index (κ3) is 3.75. The second-order valence-electron chi connectivity index (χ2n) is 4.28. The Balaban J connectivity index is 1.86. The number of halogens is 1. The minimum absolute atomic E-state index is 0.784. The van der Waals surface area contributed by atoms with Crippen molar-refractivity contribution in [2.45, 2.75) is 24.9 Å². The molecule has 1 unspecified atom stereocenters. The van der Waals surface area contributed by atoms with E-state index in [1.54, 1.807) is 0 Å². The largest absolute Gasteiger partial charge is 0.333 e. The predicted octanol–water partition coefficient (Wildman–Crippen LogP) is 4.47. The molecule has 4 heteroatoms. The van der Waals surface area contributed by atoms with Crippen molar-refractivity contribution >= 4 is 38.7 Å². The van der Waals surface area contributed by atoms with E-state index in [0.29, 0.717) is 0 Å². The lowest BCUT2D eigenvalue weighted by Gasteiger charge is -2.07. The van der Waals surface area contributed by atoms with Gasteiger partial charge in [0.2, 0.25) is 0 Å². The minimum Gasteiger partial charge on any atom is -0.333 e. The number of benzene rings is 1. The summed E-state index contributed by atoms with van der Waals surface area (Å²) in [6.45, 7) is 2.31. The number of aromatic amines is 1. The van der Waals surface area contributed by atoms with Gasteiger partial charge in [0.25, 0.3) is 0 Å². The third-order valence-corrected chi connectivity index (χ3v) is 4.18. The number of hydrogen-bond acceptors (Lipinski definition) is 2. The molecule has 0 bridgehead atoms. The van der Waals surface area contributed by atoms with Crippen molar-refractivity contribution in [3.05, 3.63) is 24.3 Å². The molecule has 0 spiro atoms. The Morgan fingerprint density at radius 2 is 2.18 bits per heavy atom. The molecule has 0 amide bonds. The molecule has 0 radical (unpaired) electrons. The zero-order valence-corrected chi connectivity index (χ0v) is 12.4. The molecule has 2 rings (SSSR count). The van der Waals surface area contributed by atoms with E-state index in [2.05, 4.69) is 38.9 Å². The van der Waals surface area contributed by atoms with Crippen LogP contribution in [0.1, 0.15) is 19.8 Å². The van der Waals surface area contributed by atoms with E-state index in [1.165, 1.54) is 12.8 Å².